The summed E-state index contributed by atoms with van der Waals surface area (Å²) >= 11 is 1.16. The molecule has 0 aliphatic carbocycles. The first-order chi connectivity index (χ1) is 7.25. The van der Waals surface area contributed by atoms with Crippen molar-refractivity contribution in [3.05, 3.63) is 21.6 Å². The molecule has 0 aliphatic rings. The Morgan fingerprint density at radius 2 is 2.27 bits per heavy atom. The third-order valence-electron chi connectivity index (χ3n) is 2.16. The first kappa shape index (κ1) is 12.0. The van der Waals surface area contributed by atoms with Crippen LogP contribution in [0.3, 0.4) is 0 Å². The summed E-state index contributed by atoms with van der Waals surface area (Å²) in [6.07, 6.45) is 4.69. The third kappa shape index (κ3) is 3.87. The quantitative estimate of drug-likeness (QED) is 0.440. The Kier molecular flexibility index (Phi) is 5.10. The lowest BCUT2D eigenvalue weighted by molar-refractivity contribution is -0.379. The fourth-order valence-electron chi connectivity index (χ4n) is 1.35. The molecule has 5 heteroatoms. The number of thiophene rings is 1. The Bertz CT molecular complexity index is 312. The van der Waals surface area contributed by atoms with Gasteiger partial charge in [-0.1, -0.05) is 37.5 Å². The van der Waals surface area contributed by atoms with E-state index in [0.29, 0.717) is 5.69 Å². The van der Waals surface area contributed by atoms with Gasteiger partial charge in [-0.3, -0.25) is 10.1 Å². The molecular weight excluding hydrogens is 212 g/mol. The molecule has 0 bridgehead atoms. The first-order valence-electron chi connectivity index (χ1n) is 5.21. The lowest BCUT2D eigenvalue weighted by Gasteiger charge is -2.02. The van der Waals surface area contributed by atoms with Crippen molar-refractivity contribution in [3.8, 4) is 0 Å². The molecule has 1 aromatic rings. The van der Waals surface area contributed by atoms with E-state index in [1.165, 1.54) is 19.3 Å². The van der Waals surface area contributed by atoms with E-state index >= 15 is 0 Å². The highest BCUT2D eigenvalue weighted by atomic mass is 32.1. The maximum atomic E-state index is 10.6. The molecule has 1 rings (SSSR count). The Hall–Kier alpha value is -1.10. The van der Waals surface area contributed by atoms with Crippen molar-refractivity contribution in [3.63, 3.8) is 0 Å². The number of nitro groups is 1. The molecule has 84 valence electrons. The molecule has 0 atom stereocenters. The fourth-order valence-corrected chi connectivity index (χ4v) is 2.04. The monoisotopic (exact) mass is 228 g/mol. The lowest BCUT2D eigenvalue weighted by atomic mass is 10.2. The van der Waals surface area contributed by atoms with Gasteiger partial charge in [0.25, 0.3) is 0 Å². The summed E-state index contributed by atoms with van der Waals surface area (Å²) in [4.78, 5) is 10.3. The molecule has 0 unspecified atom stereocenters. The van der Waals surface area contributed by atoms with Gasteiger partial charge in [0.2, 0.25) is 0 Å². The van der Waals surface area contributed by atoms with Gasteiger partial charge in [0, 0.05) is 6.54 Å². The molecule has 1 N–H and O–H groups in total. The van der Waals surface area contributed by atoms with Crippen LogP contribution in [0.15, 0.2) is 11.4 Å². The zero-order valence-corrected chi connectivity index (χ0v) is 9.68. The topological polar surface area (TPSA) is 55.2 Å². The van der Waals surface area contributed by atoms with Crippen molar-refractivity contribution >= 4 is 22.0 Å². The van der Waals surface area contributed by atoms with Crippen LogP contribution in [-0.2, 0) is 0 Å². The van der Waals surface area contributed by atoms with Crippen molar-refractivity contribution in [2.75, 3.05) is 11.9 Å². The Morgan fingerprint density at radius 1 is 1.47 bits per heavy atom. The lowest BCUT2D eigenvalue weighted by Crippen LogP contribution is -2.02. The van der Waals surface area contributed by atoms with Crippen molar-refractivity contribution in [2.45, 2.75) is 32.6 Å². The molecular formula is C10H16N2O2S. The third-order valence-corrected chi connectivity index (χ3v) is 3.02. The van der Waals surface area contributed by atoms with Crippen LogP contribution in [0.4, 0.5) is 10.7 Å². The molecule has 1 aromatic heterocycles. The molecule has 0 saturated carbocycles. The van der Waals surface area contributed by atoms with Crippen LogP contribution in [0.2, 0.25) is 0 Å². The van der Waals surface area contributed by atoms with Crippen LogP contribution >= 0.6 is 11.3 Å². The van der Waals surface area contributed by atoms with Gasteiger partial charge in [-0.25, -0.2) is 0 Å². The summed E-state index contributed by atoms with van der Waals surface area (Å²) < 4.78 is 0. The smallest absolute Gasteiger partial charge is 0.347 e. The maximum Gasteiger partial charge on any atom is 0.347 e. The predicted molar refractivity (Wildman–Crippen MR) is 63.6 cm³/mol. The van der Waals surface area contributed by atoms with E-state index in [9.17, 15) is 10.1 Å². The van der Waals surface area contributed by atoms with Crippen LogP contribution in [0, 0.1) is 10.1 Å². The number of hydrogen-bond donors (Lipinski definition) is 1. The van der Waals surface area contributed by atoms with Gasteiger partial charge in [-0.05, 0) is 17.9 Å². The molecule has 0 aromatic carbocycles. The number of hydrogen-bond acceptors (Lipinski definition) is 4. The second-order valence-corrected chi connectivity index (χ2v) is 4.28. The number of rotatable bonds is 7. The average Bonchev–Trinajstić information content (AvgIpc) is 2.66. The summed E-state index contributed by atoms with van der Waals surface area (Å²) in [5, 5.41) is 15.7. The molecule has 0 aliphatic heterocycles. The van der Waals surface area contributed by atoms with E-state index in [1.807, 2.05) is 0 Å². The highest BCUT2D eigenvalue weighted by molar-refractivity contribution is 7.14. The highest BCUT2D eigenvalue weighted by Crippen LogP contribution is 2.30. The molecule has 0 saturated heterocycles. The van der Waals surface area contributed by atoms with Gasteiger partial charge in [0.1, 0.15) is 5.69 Å². The second kappa shape index (κ2) is 6.40. The van der Waals surface area contributed by atoms with E-state index in [2.05, 4.69) is 12.2 Å². The summed E-state index contributed by atoms with van der Waals surface area (Å²) in [6, 6.07) is 1.77. The van der Waals surface area contributed by atoms with Crippen LogP contribution in [-0.4, -0.2) is 11.5 Å². The van der Waals surface area contributed by atoms with E-state index in [-0.39, 0.29) is 9.92 Å². The fraction of sp³-hybridized carbons (Fsp3) is 0.600. The van der Waals surface area contributed by atoms with E-state index in [4.69, 9.17) is 0 Å². The molecule has 0 fully saturated rings. The van der Waals surface area contributed by atoms with Gasteiger partial charge in [0.15, 0.2) is 0 Å². The normalized spacial score (nSPS) is 10.2. The Balaban J connectivity index is 2.31. The van der Waals surface area contributed by atoms with Crippen LogP contribution < -0.4 is 5.32 Å². The minimum absolute atomic E-state index is 0.213. The molecule has 4 nitrogen and oxygen atoms in total. The summed E-state index contributed by atoms with van der Waals surface area (Å²) in [5.74, 6) is 0. The Morgan fingerprint density at radius 3 is 2.93 bits per heavy atom. The van der Waals surface area contributed by atoms with Crippen molar-refractivity contribution in [2.24, 2.45) is 0 Å². The Labute approximate surface area is 93.5 Å². The minimum atomic E-state index is -0.334. The van der Waals surface area contributed by atoms with Crippen LogP contribution in [0.1, 0.15) is 32.6 Å². The average molecular weight is 228 g/mol. The van der Waals surface area contributed by atoms with Crippen LogP contribution in [0.25, 0.3) is 0 Å². The number of nitrogens with one attached hydrogen (secondary N) is 1. The number of unbranched alkanes of at least 4 members (excludes halogenated alkanes) is 3. The zero-order chi connectivity index (χ0) is 11.1. The molecule has 0 radical (unpaired) electrons. The van der Waals surface area contributed by atoms with Gasteiger partial charge in [0.05, 0.1) is 4.92 Å². The first-order valence-corrected chi connectivity index (χ1v) is 6.09. The molecule has 15 heavy (non-hydrogen) atoms. The zero-order valence-electron chi connectivity index (χ0n) is 8.86. The second-order valence-electron chi connectivity index (χ2n) is 3.38. The van der Waals surface area contributed by atoms with Gasteiger partial charge in [-0.2, -0.15) is 0 Å². The molecule has 0 spiro atoms. The molecule has 0 amide bonds. The molecule has 1 heterocycles. The largest absolute Gasteiger partial charge is 0.379 e. The van der Waals surface area contributed by atoms with Crippen molar-refractivity contribution < 1.29 is 4.92 Å². The van der Waals surface area contributed by atoms with E-state index in [1.54, 1.807) is 11.4 Å². The van der Waals surface area contributed by atoms with E-state index < -0.39 is 0 Å². The highest BCUT2D eigenvalue weighted by Gasteiger charge is 2.13. The van der Waals surface area contributed by atoms with Gasteiger partial charge in [-0.15, -0.1) is 0 Å². The van der Waals surface area contributed by atoms with Gasteiger partial charge >= 0.3 is 5.00 Å². The predicted octanol–water partition coefficient (Wildman–Crippen LogP) is 3.65. The SMILES string of the molecule is CCCCCCNc1ccsc1[N+](=O)[O-]. The van der Waals surface area contributed by atoms with Gasteiger partial charge < -0.3 is 5.32 Å². The number of anilines is 1. The summed E-state index contributed by atoms with van der Waals surface area (Å²) in [6.45, 7) is 2.98. The standard InChI is InChI=1S/C10H16N2O2S/c1-2-3-4-5-7-11-9-6-8-15-10(9)12(13)14/h6,8,11H,2-5,7H2,1H3. The van der Waals surface area contributed by atoms with E-state index in [0.717, 1.165) is 24.3 Å². The minimum Gasteiger partial charge on any atom is -0.379 e. The van der Waals surface area contributed by atoms with Crippen LogP contribution in [0.5, 0.6) is 0 Å². The maximum absolute atomic E-state index is 10.6. The van der Waals surface area contributed by atoms with Crippen molar-refractivity contribution in [1.29, 1.82) is 0 Å². The summed E-state index contributed by atoms with van der Waals surface area (Å²) in [5.41, 5.74) is 0.654. The van der Waals surface area contributed by atoms with Crippen molar-refractivity contribution in [1.82, 2.24) is 0 Å². The number of nitrogens with zero attached hydrogens (tertiary/aromatic N) is 1. The summed E-state index contributed by atoms with van der Waals surface area (Å²) in [7, 11) is 0.